The Kier molecular flexibility index (Phi) is 4.26. The maximum absolute atomic E-state index is 10.4. The Labute approximate surface area is 99.9 Å². The first-order valence-electron chi connectivity index (χ1n) is 3.33. The van der Waals surface area contributed by atoms with E-state index in [2.05, 4.69) is 4.98 Å². The third-order valence-electron chi connectivity index (χ3n) is 1.18. The Hall–Kier alpha value is -0.220. The van der Waals surface area contributed by atoms with Gasteiger partial charge >= 0.3 is 0 Å². The van der Waals surface area contributed by atoms with Crippen LogP contribution in [-0.4, -0.2) is 16.8 Å². The van der Waals surface area contributed by atoms with Gasteiger partial charge in [-0.05, 0) is 17.7 Å². The highest BCUT2D eigenvalue weighted by atomic mass is 35.5. The van der Waals surface area contributed by atoms with Crippen molar-refractivity contribution in [3.05, 3.63) is 21.3 Å². The van der Waals surface area contributed by atoms with Gasteiger partial charge in [0.1, 0.15) is 5.02 Å². The largest absolute Gasteiger partial charge is 0.467 e. The highest BCUT2D eigenvalue weighted by Gasteiger charge is 2.09. The molecule has 0 unspecified atom stereocenters. The fraction of sp³-hybridized carbons (Fsp3) is 0.143. The minimum absolute atomic E-state index is 0.0232. The fourth-order valence-electron chi connectivity index (χ4n) is 0.655. The van der Waals surface area contributed by atoms with Gasteiger partial charge in [-0.1, -0.05) is 34.8 Å². The Morgan fingerprint density at radius 3 is 2.57 bits per heavy atom. The lowest BCUT2D eigenvalue weighted by atomic mass is 10.5. The van der Waals surface area contributed by atoms with Gasteiger partial charge in [0.05, 0.1) is 5.02 Å². The molecule has 0 aliphatic rings. The number of aromatic nitrogens is 1. The Morgan fingerprint density at radius 1 is 1.36 bits per heavy atom. The Bertz CT molecular complexity index is 369. The highest BCUT2D eigenvalue weighted by Crippen LogP contribution is 2.30. The van der Waals surface area contributed by atoms with Crippen molar-refractivity contribution in [3.8, 4) is 5.88 Å². The number of halogens is 4. The van der Waals surface area contributed by atoms with Crippen LogP contribution in [0.3, 0.4) is 0 Å². The smallest absolute Gasteiger partial charge is 0.259 e. The highest BCUT2D eigenvalue weighted by molar-refractivity contribution is 6.63. The third-order valence-corrected chi connectivity index (χ3v) is 2.23. The topological polar surface area (TPSA) is 39.2 Å². The summed E-state index contributed by atoms with van der Waals surface area (Å²) in [5, 5.41) is -0.236. The minimum atomic E-state index is -0.658. The molecule has 1 heterocycles. The molecule has 0 aliphatic heterocycles. The van der Waals surface area contributed by atoms with Crippen molar-refractivity contribution in [3.63, 3.8) is 0 Å². The second-order valence-corrected chi connectivity index (χ2v) is 3.79. The van der Waals surface area contributed by atoms with E-state index in [4.69, 9.17) is 51.1 Å². The fourth-order valence-corrected chi connectivity index (χ4v) is 1.25. The summed E-state index contributed by atoms with van der Waals surface area (Å²) in [7, 11) is 0. The first-order valence-corrected chi connectivity index (χ1v) is 4.84. The van der Waals surface area contributed by atoms with Gasteiger partial charge in [-0.25, -0.2) is 0 Å². The molecule has 0 saturated carbocycles. The number of nitrogens with zero attached hydrogens (tertiary/aromatic N) is 1. The van der Waals surface area contributed by atoms with E-state index in [1.54, 1.807) is 0 Å². The summed E-state index contributed by atoms with van der Waals surface area (Å²) in [5.41, 5.74) is 0. The number of ether oxygens (including phenoxy) is 1. The molecule has 3 nitrogen and oxygen atoms in total. The molecule has 0 radical (unpaired) electrons. The first-order chi connectivity index (χ1) is 6.50. The van der Waals surface area contributed by atoms with Gasteiger partial charge in [-0.2, -0.15) is 4.98 Å². The number of carbonyl (C=O) groups excluding carboxylic acids is 1. The SMILES string of the molecule is O=C(Cl)COc1nc(Cl)c(Cl)cc1Cl. The molecule has 1 rings (SSSR count). The molecule has 7 heteroatoms. The standard InChI is InChI=1S/C7H3Cl4NO2/c8-3-1-4(9)7(12-6(3)11)14-2-5(10)13/h1H,2H2. The van der Waals surface area contributed by atoms with Crippen molar-refractivity contribution in [2.24, 2.45) is 0 Å². The molecule has 0 spiro atoms. The van der Waals surface area contributed by atoms with Gasteiger partial charge in [0.15, 0.2) is 11.8 Å². The summed E-state index contributed by atoms with van der Waals surface area (Å²) in [6, 6.07) is 1.37. The average Bonchev–Trinajstić information content (AvgIpc) is 2.09. The molecule has 1 aromatic heterocycles. The van der Waals surface area contributed by atoms with Gasteiger partial charge in [-0.15, -0.1) is 0 Å². The molecule has 1 aromatic rings. The summed E-state index contributed by atoms with van der Waals surface area (Å²) in [5.74, 6) is 0.0232. The van der Waals surface area contributed by atoms with E-state index in [0.29, 0.717) is 0 Å². The van der Waals surface area contributed by atoms with Crippen molar-refractivity contribution in [2.75, 3.05) is 6.61 Å². The van der Waals surface area contributed by atoms with Crippen molar-refractivity contribution in [1.82, 2.24) is 4.98 Å². The molecule has 76 valence electrons. The zero-order valence-electron chi connectivity index (χ0n) is 6.56. The zero-order chi connectivity index (χ0) is 10.7. The zero-order valence-corrected chi connectivity index (χ0v) is 9.58. The summed E-state index contributed by atoms with van der Waals surface area (Å²) in [6.07, 6.45) is 0. The molecule has 0 fully saturated rings. The molecular formula is C7H3Cl4NO2. The van der Waals surface area contributed by atoms with Gasteiger partial charge < -0.3 is 4.74 Å². The van der Waals surface area contributed by atoms with Gasteiger partial charge in [0.2, 0.25) is 5.88 Å². The van der Waals surface area contributed by atoms with Crippen LogP contribution < -0.4 is 4.74 Å². The first kappa shape index (κ1) is 11.9. The Morgan fingerprint density at radius 2 is 2.00 bits per heavy atom. The molecular weight excluding hydrogens is 272 g/mol. The average molecular weight is 275 g/mol. The van der Waals surface area contributed by atoms with Crippen LogP contribution in [0.2, 0.25) is 15.2 Å². The lowest BCUT2D eigenvalue weighted by molar-refractivity contribution is -0.113. The van der Waals surface area contributed by atoms with Crippen molar-refractivity contribution in [1.29, 1.82) is 0 Å². The molecule has 0 atom stereocenters. The number of hydrogen-bond donors (Lipinski definition) is 0. The lowest BCUT2D eigenvalue weighted by Gasteiger charge is -2.05. The number of rotatable bonds is 3. The molecule has 0 amide bonds. The molecule has 0 aromatic carbocycles. The van der Waals surface area contributed by atoms with Crippen LogP contribution in [0.5, 0.6) is 5.88 Å². The second kappa shape index (κ2) is 5.03. The maximum Gasteiger partial charge on any atom is 0.259 e. The van der Waals surface area contributed by atoms with E-state index in [9.17, 15) is 4.79 Å². The van der Waals surface area contributed by atoms with Crippen LogP contribution in [0, 0.1) is 0 Å². The molecule has 0 bridgehead atoms. The van der Waals surface area contributed by atoms with Crippen LogP contribution in [0.25, 0.3) is 0 Å². The summed E-state index contributed by atoms with van der Waals surface area (Å²) in [6.45, 7) is -0.327. The van der Waals surface area contributed by atoms with Crippen molar-refractivity contribution >= 4 is 51.6 Å². The van der Waals surface area contributed by atoms with Crippen LogP contribution in [0.4, 0.5) is 0 Å². The number of hydrogen-bond acceptors (Lipinski definition) is 3. The van der Waals surface area contributed by atoms with E-state index < -0.39 is 5.24 Å². The van der Waals surface area contributed by atoms with Crippen molar-refractivity contribution < 1.29 is 9.53 Å². The molecule has 0 N–H and O–H groups in total. The van der Waals surface area contributed by atoms with Crippen LogP contribution in [-0.2, 0) is 4.79 Å². The van der Waals surface area contributed by atoms with E-state index in [1.807, 2.05) is 0 Å². The second-order valence-electron chi connectivity index (χ2n) is 2.19. The molecule has 0 saturated heterocycles. The van der Waals surface area contributed by atoms with E-state index in [0.717, 1.165) is 0 Å². The van der Waals surface area contributed by atoms with Crippen LogP contribution in [0.15, 0.2) is 6.07 Å². The molecule has 14 heavy (non-hydrogen) atoms. The van der Waals surface area contributed by atoms with Gasteiger partial charge in [-0.3, -0.25) is 4.79 Å². The van der Waals surface area contributed by atoms with Crippen LogP contribution in [0.1, 0.15) is 0 Å². The van der Waals surface area contributed by atoms with Gasteiger partial charge in [0, 0.05) is 0 Å². The predicted octanol–water partition coefficient (Wildman–Crippen LogP) is 3.19. The quantitative estimate of drug-likeness (QED) is 0.628. The van der Waals surface area contributed by atoms with E-state index in [1.165, 1.54) is 6.07 Å². The summed E-state index contributed by atoms with van der Waals surface area (Å²) in [4.78, 5) is 14.1. The number of carbonyl (C=O) groups is 1. The van der Waals surface area contributed by atoms with E-state index >= 15 is 0 Å². The predicted molar refractivity (Wildman–Crippen MR) is 55.6 cm³/mol. The maximum atomic E-state index is 10.4. The van der Waals surface area contributed by atoms with Crippen molar-refractivity contribution in [2.45, 2.75) is 0 Å². The minimum Gasteiger partial charge on any atom is -0.467 e. The molecule has 0 aliphatic carbocycles. The lowest BCUT2D eigenvalue weighted by Crippen LogP contribution is -2.06. The summed E-state index contributed by atoms with van der Waals surface area (Å²) >= 11 is 22.0. The Balaban J connectivity index is 2.87. The number of pyridine rings is 1. The van der Waals surface area contributed by atoms with Gasteiger partial charge in [0.25, 0.3) is 5.24 Å². The monoisotopic (exact) mass is 273 g/mol. The third kappa shape index (κ3) is 3.17. The van der Waals surface area contributed by atoms with Crippen LogP contribution >= 0.6 is 46.4 Å². The normalized spacial score (nSPS) is 10.0. The summed E-state index contributed by atoms with van der Waals surface area (Å²) < 4.78 is 4.87. The van der Waals surface area contributed by atoms with E-state index in [-0.39, 0.29) is 27.7 Å².